The fourth-order valence-electron chi connectivity index (χ4n) is 1.95. The zero-order chi connectivity index (χ0) is 14.5. The number of nitrogens with two attached hydrogens (primary N) is 1. The van der Waals surface area contributed by atoms with E-state index in [9.17, 15) is 0 Å². The van der Waals surface area contributed by atoms with Gasteiger partial charge in [-0.1, -0.05) is 13.8 Å². The van der Waals surface area contributed by atoms with E-state index in [2.05, 4.69) is 28.8 Å². The van der Waals surface area contributed by atoms with Crippen molar-refractivity contribution in [2.45, 2.75) is 26.8 Å². The lowest BCUT2D eigenvalue weighted by Crippen LogP contribution is -2.09. The normalized spacial score (nSPS) is 11.4. The van der Waals surface area contributed by atoms with Crippen molar-refractivity contribution in [3.05, 3.63) is 6.33 Å². The Balaban J connectivity index is 2.05. The number of aromatic nitrogens is 4. The minimum atomic E-state index is 0.419. The summed E-state index contributed by atoms with van der Waals surface area (Å²) in [5.74, 6) is 1.41. The highest BCUT2D eigenvalue weighted by Gasteiger charge is 2.14. The van der Waals surface area contributed by atoms with Crippen molar-refractivity contribution in [1.29, 1.82) is 0 Å². The molecule has 0 fully saturated rings. The van der Waals surface area contributed by atoms with E-state index in [1.165, 1.54) is 6.33 Å². The summed E-state index contributed by atoms with van der Waals surface area (Å²) >= 11 is 0. The van der Waals surface area contributed by atoms with Crippen LogP contribution in [0.25, 0.3) is 11.2 Å². The fourth-order valence-corrected chi connectivity index (χ4v) is 1.95. The largest absolute Gasteiger partial charge is 0.479 e. The van der Waals surface area contributed by atoms with Gasteiger partial charge >= 0.3 is 0 Å². The number of ether oxygens (including phenoxy) is 2. The average Bonchev–Trinajstić information content (AvgIpc) is 2.74. The molecule has 2 heterocycles. The number of nitrogen functional groups attached to an aromatic ring is 1. The molecular weight excluding hydrogens is 258 g/mol. The summed E-state index contributed by atoms with van der Waals surface area (Å²) < 4.78 is 12.6. The van der Waals surface area contributed by atoms with Crippen molar-refractivity contribution in [2.24, 2.45) is 5.92 Å². The van der Waals surface area contributed by atoms with Crippen molar-refractivity contribution >= 4 is 17.1 Å². The lowest BCUT2D eigenvalue weighted by molar-refractivity contribution is 0.105. The van der Waals surface area contributed by atoms with Crippen molar-refractivity contribution in [2.75, 3.05) is 26.1 Å². The van der Waals surface area contributed by atoms with Gasteiger partial charge < -0.3 is 15.2 Å². The maximum absolute atomic E-state index is 5.93. The third kappa shape index (κ3) is 3.16. The van der Waals surface area contributed by atoms with Gasteiger partial charge in [0.05, 0.1) is 7.11 Å². The van der Waals surface area contributed by atoms with Crippen molar-refractivity contribution in [3.63, 3.8) is 0 Å². The minimum Gasteiger partial charge on any atom is -0.479 e. The first-order chi connectivity index (χ1) is 9.63. The highest BCUT2D eigenvalue weighted by atomic mass is 16.5. The van der Waals surface area contributed by atoms with Crippen LogP contribution in [0.3, 0.4) is 0 Å². The van der Waals surface area contributed by atoms with E-state index >= 15 is 0 Å². The molecule has 0 radical (unpaired) electrons. The van der Waals surface area contributed by atoms with Crippen LogP contribution in [0.2, 0.25) is 0 Å². The third-order valence-corrected chi connectivity index (χ3v) is 2.84. The van der Waals surface area contributed by atoms with Crippen LogP contribution in [0.1, 0.15) is 20.3 Å². The van der Waals surface area contributed by atoms with Gasteiger partial charge in [-0.25, -0.2) is 9.97 Å². The molecule has 0 spiro atoms. The number of aryl methyl sites for hydroxylation is 1. The second kappa shape index (κ2) is 6.51. The van der Waals surface area contributed by atoms with Gasteiger partial charge in [0.15, 0.2) is 11.2 Å². The van der Waals surface area contributed by atoms with E-state index in [0.717, 1.165) is 13.0 Å². The van der Waals surface area contributed by atoms with Crippen molar-refractivity contribution in [3.8, 4) is 5.88 Å². The number of fused-ring (bicyclic) bond motifs is 1. The van der Waals surface area contributed by atoms with Crippen molar-refractivity contribution in [1.82, 2.24) is 19.5 Å². The first-order valence-corrected chi connectivity index (χ1v) is 6.72. The molecule has 0 bridgehead atoms. The molecule has 0 aliphatic rings. The summed E-state index contributed by atoms with van der Waals surface area (Å²) in [6.07, 6.45) is 2.31. The van der Waals surface area contributed by atoms with E-state index in [1.54, 1.807) is 7.11 Å². The van der Waals surface area contributed by atoms with Crippen molar-refractivity contribution < 1.29 is 9.47 Å². The van der Waals surface area contributed by atoms with Gasteiger partial charge in [-0.2, -0.15) is 4.98 Å². The Labute approximate surface area is 118 Å². The predicted octanol–water partition coefficient (Wildman–Crippen LogP) is 1.48. The molecule has 0 unspecified atom stereocenters. The predicted molar refractivity (Wildman–Crippen MR) is 76.6 cm³/mol. The maximum Gasteiger partial charge on any atom is 0.245 e. The number of anilines is 1. The van der Waals surface area contributed by atoms with Gasteiger partial charge in [0.1, 0.15) is 6.33 Å². The Hall–Kier alpha value is -1.89. The van der Waals surface area contributed by atoms with Crippen LogP contribution >= 0.6 is 0 Å². The third-order valence-electron chi connectivity index (χ3n) is 2.84. The monoisotopic (exact) mass is 279 g/mol. The lowest BCUT2D eigenvalue weighted by atomic mass is 10.2. The molecule has 110 valence electrons. The standard InChI is InChI=1S/C13H21N5O2/c1-9(2)7-20-6-4-5-18-11-10(17-13(18)14)12(19-3)16-8-15-11/h8-9H,4-7H2,1-3H3,(H2,14,17). The number of imidazole rings is 1. The van der Waals surface area contributed by atoms with E-state index in [1.807, 2.05) is 4.57 Å². The summed E-state index contributed by atoms with van der Waals surface area (Å²) in [6.45, 7) is 6.44. The second-order valence-electron chi connectivity index (χ2n) is 5.00. The summed E-state index contributed by atoms with van der Waals surface area (Å²) in [7, 11) is 1.55. The van der Waals surface area contributed by atoms with Gasteiger partial charge in [0, 0.05) is 19.8 Å². The molecule has 0 saturated carbocycles. The molecule has 2 rings (SSSR count). The zero-order valence-electron chi connectivity index (χ0n) is 12.2. The molecule has 7 nitrogen and oxygen atoms in total. The number of hydrogen-bond donors (Lipinski definition) is 1. The molecule has 7 heteroatoms. The second-order valence-corrected chi connectivity index (χ2v) is 5.00. The molecule has 0 amide bonds. The summed E-state index contributed by atoms with van der Waals surface area (Å²) in [4.78, 5) is 12.5. The summed E-state index contributed by atoms with van der Waals surface area (Å²) in [6, 6.07) is 0. The Bertz CT molecular complexity index is 567. The molecule has 20 heavy (non-hydrogen) atoms. The molecule has 2 aromatic rings. The molecule has 0 aromatic carbocycles. The lowest BCUT2D eigenvalue weighted by Gasteiger charge is -2.08. The van der Waals surface area contributed by atoms with Gasteiger partial charge in [0.25, 0.3) is 0 Å². The van der Waals surface area contributed by atoms with E-state index in [-0.39, 0.29) is 0 Å². The van der Waals surface area contributed by atoms with Gasteiger partial charge in [0.2, 0.25) is 11.8 Å². The van der Waals surface area contributed by atoms with E-state index < -0.39 is 0 Å². The Morgan fingerprint density at radius 3 is 2.85 bits per heavy atom. The number of rotatable bonds is 7. The average molecular weight is 279 g/mol. The topological polar surface area (TPSA) is 88.1 Å². The highest BCUT2D eigenvalue weighted by molar-refractivity contribution is 5.78. The fraction of sp³-hybridized carbons (Fsp3) is 0.615. The minimum absolute atomic E-state index is 0.419. The zero-order valence-corrected chi connectivity index (χ0v) is 12.2. The summed E-state index contributed by atoms with van der Waals surface area (Å²) in [5, 5.41) is 0. The Morgan fingerprint density at radius 1 is 1.35 bits per heavy atom. The number of nitrogens with zero attached hydrogens (tertiary/aromatic N) is 4. The number of hydrogen-bond acceptors (Lipinski definition) is 6. The van der Waals surface area contributed by atoms with Crippen LogP contribution in [0.4, 0.5) is 5.95 Å². The highest BCUT2D eigenvalue weighted by Crippen LogP contribution is 2.22. The van der Waals surface area contributed by atoms with Crippen LogP contribution in [-0.2, 0) is 11.3 Å². The summed E-state index contributed by atoms with van der Waals surface area (Å²) in [5.41, 5.74) is 7.21. The number of methoxy groups -OCH3 is 1. The van der Waals surface area contributed by atoms with Gasteiger partial charge in [-0.15, -0.1) is 0 Å². The van der Waals surface area contributed by atoms with E-state index in [4.69, 9.17) is 15.2 Å². The van der Waals surface area contributed by atoms with Gasteiger partial charge in [-0.3, -0.25) is 4.57 Å². The molecule has 2 aromatic heterocycles. The molecule has 0 aliphatic heterocycles. The first kappa shape index (κ1) is 14.5. The Morgan fingerprint density at radius 2 is 2.15 bits per heavy atom. The maximum atomic E-state index is 5.93. The molecule has 2 N–H and O–H groups in total. The van der Waals surface area contributed by atoms with Crippen LogP contribution in [-0.4, -0.2) is 39.8 Å². The van der Waals surface area contributed by atoms with E-state index in [0.29, 0.717) is 42.1 Å². The molecule has 0 atom stereocenters. The quantitative estimate of drug-likeness (QED) is 0.772. The molecule has 0 saturated heterocycles. The van der Waals surface area contributed by atoms with Gasteiger partial charge in [-0.05, 0) is 12.3 Å². The first-order valence-electron chi connectivity index (χ1n) is 6.72. The smallest absolute Gasteiger partial charge is 0.245 e. The van der Waals surface area contributed by atoms with Crippen LogP contribution in [0, 0.1) is 5.92 Å². The van der Waals surface area contributed by atoms with Crippen LogP contribution < -0.4 is 10.5 Å². The van der Waals surface area contributed by atoms with Crippen LogP contribution in [0.15, 0.2) is 6.33 Å². The Kier molecular flexibility index (Phi) is 4.73. The van der Waals surface area contributed by atoms with Crippen LogP contribution in [0.5, 0.6) is 5.88 Å². The molecular formula is C13H21N5O2. The molecule has 0 aliphatic carbocycles. The SMILES string of the molecule is COc1ncnc2c1nc(N)n2CCCOCC(C)C.